The van der Waals surface area contributed by atoms with Crippen molar-refractivity contribution in [2.24, 2.45) is 5.92 Å². The van der Waals surface area contributed by atoms with Gasteiger partial charge in [0.15, 0.2) is 11.5 Å². The molecular formula is C25H25N3O4S. The van der Waals surface area contributed by atoms with Crippen molar-refractivity contribution in [3.8, 4) is 28.8 Å². The van der Waals surface area contributed by atoms with E-state index in [1.807, 2.05) is 37.4 Å². The van der Waals surface area contributed by atoms with Crippen molar-refractivity contribution in [2.75, 3.05) is 26.1 Å². The number of ether oxygens (including phenoxy) is 3. The molecule has 170 valence electrons. The van der Waals surface area contributed by atoms with Crippen LogP contribution in [0.15, 0.2) is 54.0 Å². The zero-order valence-corrected chi connectivity index (χ0v) is 19.7. The lowest BCUT2D eigenvalue weighted by Gasteiger charge is -2.08. The Morgan fingerprint density at radius 3 is 2.52 bits per heavy atom. The van der Waals surface area contributed by atoms with Gasteiger partial charge in [-0.25, -0.2) is 9.78 Å². The molecule has 0 bridgehead atoms. The van der Waals surface area contributed by atoms with Crippen molar-refractivity contribution in [1.29, 1.82) is 5.26 Å². The molecule has 33 heavy (non-hydrogen) atoms. The zero-order chi connectivity index (χ0) is 23.8. The van der Waals surface area contributed by atoms with Gasteiger partial charge in [0.2, 0.25) is 0 Å². The number of benzene rings is 2. The van der Waals surface area contributed by atoms with Crippen molar-refractivity contribution in [2.45, 2.75) is 13.8 Å². The number of rotatable bonds is 9. The van der Waals surface area contributed by atoms with Gasteiger partial charge in [0.05, 0.1) is 32.1 Å². The van der Waals surface area contributed by atoms with Crippen LogP contribution < -0.4 is 14.8 Å². The van der Waals surface area contributed by atoms with Crippen LogP contribution in [0.3, 0.4) is 0 Å². The number of anilines is 1. The number of nitriles is 1. The molecule has 0 aliphatic rings. The Bertz CT molecular complexity index is 1180. The number of carbonyl (C=O) groups excluding carboxylic acids is 1. The first kappa shape index (κ1) is 23.8. The monoisotopic (exact) mass is 463 g/mol. The normalized spacial score (nSPS) is 11.1. The summed E-state index contributed by atoms with van der Waals surface area (Å²) >= 11 is 1.37. The van der Waals surface area contributed by atoms with Crippen LogP contribution in [0.5, 0.6) is 11.5 Å². The summed E-state index contributed by atoms with van der Waals surface area (Å²) in [7, 11) is 3.17. The van der Waals surface area contributed by atoms with Crippen LogP contribution in [0.25, 0.3) is 16.8 Å². The summed E-state index contributed by atoms with van der Waals surface area (Å²) in [5.41, 5.74) is 3.21. The molecule has 0 unspecified atom stereocenters. The minimum Gasteiger partial charge on any atom is -0.493 e. The Kier molecular flexibility index (Phi) is 8.06. The highest BCUT2D eigenvalue weighted by atomic mass is 32.1. The van der Waals surface area contributed by atoms with E-state index in [0.29, 0.717) is 34.3 Å². The van der Waals surface area contributed by atoms with Crippen LogP contribution in [-0.4, -0.2) is 31.8 Å². The topological polar surface area (TPSA) is 93.5 Å². The number of allylic oxidation sites excluding steroid dienone is 1. The molecule has 1 N–H and O–H groups in total. The second-order valence-corrected chi connectivity index (χ2v) is 8.35. The summed E-state index contributed by atoms with van der Waals surface area (Å²) in [6, 6.07) is 14.6. The lowest BCUT2D eigenvalue weighted by Crippen LogP contribution is -2.10. The van der Waals surface area contributed by atoms with Gasteiger partial charge in [-0.3, -0.25) is 0 Å². The molecule has 0 fully saturated rings. The minimum absolute atomic E-state index is 0.280. The van der Waals surface area contributed by atoms with E-state index >= 15 is 0 Å². The highest BCUT2D eigenvalue weighted by Gasteiger charge is 2.12. The maximum absolute atomic E-state index is 12.0. The predicted molar refractivity (Wildman–Crippen MR) is 129 cm³/mol. The summed E-state index contributed by atoms with van der Waals surface area (Å²) in [6.45, 7) is 4.35. The third-order valence-electron chi connectivity index (χ3n) is 4.59. The SMILES string of the molecule is COc1ccc(-c2csc(C(C#N)=CNc3ccc(C(=O)OCC(C)C)cc3)n2)cc1OC. The Balaban J connectivity index is 1.71. The predicted octanol–water partition coefficient (Wildman–Crippen LogP) is 5.62. The van der Waals surface area contributed by atoms with E-state index in [9.17, 15) is 10.1 Å². The van der Waals surface area contributed by atoms with Gasteiger partial charge in [-0.2, -0.15) is 5.26 Å². The highest BCUT2D eigenvalue weighted by Crippen LogP contribution is 2.33. The maximum Gasteiger partial charge on any atom is 0.338 e. The van der Waals surface area contributed by atoms with Gasteiger partial charge < -0.3 is 19.5 Å². The number of aromatic nitrogens is 1. The van der Waals surface area contributed by atoms with Gasteiger partial charge in [0.25, 0.3) is 0 Å². The Morgan fingerprint density at radius 1 is 1.15 bits per heavy atom. The van der Waals surface area contributed by atoms with E-state index in [1.165, 1.54) is 11.3 Å². The number of carbonyl (C=O) groups is 1. The fourth-order valence-corrected chi connectivity index (χ4v) is 3.65. The largest absolute Gasteiger partial charge is 0.493 e. The third-order valence-corrected chi connectivity index (χ3v) is 5.46. The molecule has 0 saturated carbocycles. The molecule has 3 aromatic rings. The summed E-state index contributed by atoms with van der Waals surface area (Å²) < 4.78 is 15.9. The first-order chi connectivity index (χ1) is 15.9. The Morgan fingerprint density at radius 2 is 1.88 bits per heavy atom. The lowest BCUT2D eigenvalue weighted by molar-refractivity contribution is 0.0459. The van der Waals surface area contributed by atoms with E-state index in [-0.39, 0.29) is 11.9 Å². The van der Waals surface area contributed by atoms with Crippen molar-refractivity contribution in [3.05, 3.63) is 64.6 Å². The summed E-state index contributed by atoms with van der Waals surface area (Å²) in [5.74, 6) is 1.17. The van der Waals surface area contributed by atoms with Crippen LogP contribution in [0.1, 0.15) is 29.2 Å². The van der Waals surface area contributed by atoms with Gasteiger partial charge in [-0.1, -0.05) is 13.8 Å². The molecule has 0 spiro atoms. The minimum atomic E-state index is -0.353. The molecule has 1 aromatic heterocycles. The maximum atomic E-state index is 12.0. The summed E-state index contributed by atoms with van der Waals surface area (Å²) in [6.07, 6.45) is 1.60. The zero-order valence-electron chi connectivity index (χ0n) is 18.9. The number of hydrogen-bond donors (Lipinski definition) is 1. The van der Waals surface area contributed by atoms with Crippen molar-refractivity contribution in [1.82, 2.24) is 4.98 Å². The molecule has 7 nitrogen and oxygen atoms in total. The van der Waals surface area contributed by atoms with E-state index in [4.69, 9.17) is 14.2 Å². The summed E-state index contributed by atoms with van der Waals surface area (Å²) in [5, 5.41) is 15.2. The van der Waals surface area contributed by atoms with Crippen molar-refractivity contribution < 1.29 is 19.0 Å². The van der Waals surface area contributed by atoms with Crippen LogP contribution >= 0.6 is 11.3 Å². The molecule has 2 aromatic carbocycles. The second-order valence-electron chi connectivity index (χ2n) is 7.49. The fourth-order valence-electron chi connectivity index (χ4n) is 2.85. The number of esters is 1. The van der Waals surface area contributed by atoms with Gasteiger partial charge in [0.1, 0.15) is 16.6 Å². The molecule has 1 heterocycles. The quantitative estimate of drug-likeness (QED) is 0.325. The number of nitrogens with one attached hydrogen (secondary N) is 1. The van der Waals surface area contributed by atoms with Gasteiger partial charge in [-0.15, -0.1) is 11.3 Å². The smallest absolute Gasteiger partial charge is 0.338 e. The average Bonchev–Trinajstić information content (AvgIpc) is 3.33. The molecule has 0 radical (unpaired) electrons. The molecule has 0 atom stereocenters. The Labute approximate surface area is 197 Å². The molecule has 0 aliphatic carbocycles. The van der Waals surface area contributed by atoms with Crippen LogP contribution in [0.2, 0.25) is 0 Å². The number of nitrogens with zero attached hydrogens (tertiary/aromatic N) is 2. The number of thiazole rings is 1. The highest BCUT2D eigenvalue weighted by molar-refractivity contribution is 7.11. The Hall–Kier alpha value is -3.83. The first-order valence-electron chi connectivity index (χ1n) is 10.3. The molecule has 0 aliphatic heterocycles. The number of methoxy groups -OCH3 is 2. The van der Waals surface area contributed by atoms with Crippen LogP contribution in [0, 0.1) is 17.2 Å². The third kappa shape index (κ3) is 6.11. The molecule has 0 amide bonds. The van der Waals surface area contributed by atoms with E-state index in [1.54, 1.807) is 44.7 Å². The summed E-state index contributed by atoms with van der Waals surface area (Å²) in [4.78, 5) is 16.6. The second kappa shape index (κ2) is 11.2. The average molecular weight is 464 g/mol. The van der Waals surface area contributed by atoms with Gasteiger partial charge in [0, 0.05) is 22.8 Å². The van der Waals surface area contributed by atoms with E-state index in [0.717, 1.165) is 16.9 Å². The van der Waals surface area contributed by atoms with Gasteiger partial charge in [-0.05, 0) is 48.4 Å². The standard InChI is InChI=1S/C25H25N3O4S/c1-16(2)14-32-25(29)17-5-8-20(9-6-17)27-13-19(12-26)24-28-21(15-33-24)18-7-10-22(30-3)23(11-18)31-4/h5-11,13,15-16,27H,14H2,1-4H3. The molecule has 3 rings (SSSR count). The first-order valence-corrected chi connectivity index (χ1v) is 11.2. The lowest BCUT2D eigenvalue weighted by atomic mass is 10.1. The number of hydrogen-bond acceptors (Lipinski definition) is 8. The molecule has 8 heteroatoms. The molecular weight excluding hydrogens is 438 g/mol. The van der Waals surface area contributed by atoms with E-state index < -0.39 is 0 Å². The fraction of sp³-hybridized carbons (Fsp3) is 0.240. The molecule has 0 saturated heterocycles. The van der Waals surface area contributed by atoms with Gasteiger partial charge >= 0.3 is 5.97 Å². The van der Waals surface area contributed by atoms with Crippen molar-refractivity contribution >= 4 is 28.6 Å². The van der Waals surface area contributed by atoms with E-state index in [2.05, 4.69) is 16.4 Å². The van der Waals surface area contributed by atoms with Crippen molar-refractivity contribution in [3.63, 3.8) is 0 Å². The van der Waals surface area contributed by atoms with Crippen LogP contribution in [-0.2, 0) is 4.74 Å². The van der Waals surface area contributed by atoms with Crippen LogP contribution in [0.4, 0.5) is 5.69 Å².